The van der Waals surface area contributed by atoms with Gasteiger partial charge >= 0.3 is 11.8 Å². The topological polar surface area (TPSA) is 136 Å². The number of aromatic amines is 1. The molecule has 3 aromatic rings. The average Bonchev–Trinajstić information content (AvgIpc) is 3.23. The van der Waals surface area contributed by atoms with Gasteiger partial charge in [0, 0.05) is 23.4 Å². The molecule has 0 saturated carbocycles. The number of benzene rings is 1. The monoisotopic (exact) mass is 513 g/mol. The molecule has 0 saturated heterocycles. The lowest BCUT2D eigenvalue weighted by Crippen LogP contribution is -2.56. The van der Waals surface area contributed by atoms with Crippen molar-refractivity contribution in [2.75, 3.05) is 17.3 Å². The van der Waals surface area contributed by atoms with E-state index < -0.39 is 39.4 Å². The summed E-state index contributed by atoms with van der Waals surface area (Å²) in [7, 11) is -4.50. The first-order chi connectivity index (χ1) is 16.2. The van der Waals surface area contributed by atoms with Crippen LogP contribution in [0.3, 0.4) is 0 Å². The van der Waals surface area contributed by atoms with Gasteiger partial charge in [0.25, 0.3) is 22.0 Å². The third-order valence-electron chi connectivity index (χ3n) is 4.91. The number of carbonyl (C=O) groups is 1. The third kappa shape index (κ3) is 5.11. The molecule has 2 aromatic heterocycles. The summed E-state index contributed by atoms with van der Waals surface area (Å²) < 4.78 is 59.0. The summed E-state index contributed by atoms with van der Waals surface area (Å²) >= 11 is 0. The molecule has 2 heterocycles. The van der Waals surface area contributed by atoms with Gasteiger partial charge in [-0.3, -0.25) is 9.48 Å². The highest BCUT2D eigenvalue weighted by molar-refractivity contribution is 7.92. The molecule has 0 spiro atoms. The Morgan fingerprint density at radius 2 is 1.86 bits per heavy atom. The molecular formula is C21H25F2N5O6S. The largest absolute Gasteiger partial charge is 0.447 e. The van der Waals surface area contributed by atoms with Crippen molar-refractivity contribution < 1.29 is 26.7 Å². The Morgan fingerprint density at radius 3 is 2.40 bits per heavy atom. The smallest absolute Gasteiger partial charge is 0.444 e. The molecule has 0 fully saturated rings. The molecule has 0 unspecified atom stereocenters. The number of ether oxygens (including phenoxy) is 1. The van der Waals surface area contributed by atoms with Gasteiger partial charge in [0.05, 0.1) is 29.5 Å². The molecule has 14 heteroatoms. The zero-order chi connectivity index (χ0) is 26.2. The van der Waals surface area contributed by atoms with Gasteiger partial charge in [-0.15, -0.1) is 4.68 Å². The highest BCUT2D eigenvalue weighted by Crippen LogP contribution is 2.34. The molecule has 0 aliphatic heterocycles. The molecule has 1 amide bonds. The van der Waals surface area contributed by atoms with Crippen LogP contribution in [-0.4, -0.2) is 46.8 Å². The normalized spacial score (nSPS) is 12.2. The Morgan fingerprint density at radius 1 is 1.20 bits per heavy atom. The molecule has 35 heavy (non-hydrogen) atoms. The molecule has 11 nitrogen and oxygen atoms in total. The third-order valence-corrected chi connectivity index (χ3v) is 5.85. The molecule has 0 aliphatic carbocycles. The second kappa shape index (κ2) is 9.60. The highest BCUT2D eigenvalue weighted by atomic mass is 32.2. The quantitative estimate of drug-likeness (QED) is 0.513. The second-order valence-corrected chi connectivity index (χ2v) is 10.4. The van der Waals surface area contributed by atoms with Crippen molar-refractivity contribution in [3.63, 3.8) is 0 Å². The summed E-state index contributed by atoms with van der Waals surface area (Å²) in [6.45, 7) is 6.81. The number of nitrogens with one attached hydrogen (secondary N) is 1. The Labute approximate surface area is 198 Å². The molecule has 0 atom stereocenters. The van der Waals surface area contributed by atoms with Crippen LogP contribution in [0, 0.1) is 5.92 Å². The Bertz CT molecular complexity index is 1490. The van der Waals surface area contributed by atoms with Crippen molar-refractivity contribution in [1.29, 1.82) is 0 Å². The molecule has 1 N–H and O–H groups in total. The SMILES string of the molecule is CC(C)COC(=O)N(n1c(=O)[nH]c2cc(C(F)F)c(-c3ccnn3C(C)C)cc2c1=O)S(C)(=O)=O. The Balaban J connectivity index is 2.34. The summed E-state index contributed by atoms with van der Waals surface area (Å²) in [6, 6.07) is 3.34. The number of nitrogens with zero attached hydrogens (tertiary/aromatic N) is 4. The number of carbonyl (C=O) groups excluding carboxylic acids is 1. The number of fused-ring (bicyclic) bond motifs is 1. The zero-order valence-electron chi connectivity index (χ0n) is 19.7. The number of H-pyrrole nitrogens is 1. The van der Waals surface area contributed by atoms with Gasteiger partial charge in [-0.1, -0.05) is 18.3 Å². The summed E-state index contributed by atoms with van der Waals surface area (Å²) in [5, 5.41) is 3.83. The van der Waals surface area contributed by atoms with Crippen molar-refractivity contribution >= 4 is 27.0 Å². The van der Waals surface area contributed by atoms with Crippen LogP contribution in [0.1, 0.15) is 45.7 Å². The maximum Gasteiger partial charge on any atom is 0.444 e. The van der Waals surface area contributed by atoms with E-state index in [4.69, 9.17) is 4.74 Å². The molecule has 0 aliphatic rings. The maximum absolute atomic E-state index is 13.9. The maximum atomic E-state index is 13.9. The summed E-state index contributed by atoms with van der Waals surface area (Å²) in [6.07, 6.45) is -2.40. The fourth-order valence-corrected chi connectivity index (χ4v) is 4.20. The Hall–Kier alpha value is -3.55. The van der Waals surface area contributed by atoms with Gasteiger partial charge < -0.3 is 9.72 Å². The van der Waals surface area contributed by atoms with Crippen molar-refractivity contribution in [3.8, 4) is 11.3 Å². The van der Waals surface area contributed by atoms with E-state index >= 15 is 0 Å². The minimum Gasteiger partial charge on any atom is -0.447 e. The van der Waals surface area contributed by atoms with Crippen LogP contribution in [-0.2, 0) is 14.8 Å². The number of amides is 1. The lowest BCUT2D eigenvalue weighted by molar-refractivity contribution is 0.139. The zero-order valence-corrected chi connectivity index (χ0v) is 20.5. The van der Waals surface area contributed by atoms with E-state index in [1.54, 1.807) is 27.7 Å². The van der Waals surface area contributed by atoms with Gasteiger partial charge in [0.1, 0.15) is 0 Å². The fourth-order valence-electron chi connectivity index (χ4n) is 3.44. The van der Waals surface area contributed by atoms with Crippen molar-refractivity contribution in [2.45, 2.75) is 40.2 Å². The highest BCUT2D eigenvalue weighted by Gasteiger charge is 2.32. The van der Waals surface area contributed by atoms with Crippen LogP contribution in [0.4, 0.5) is 13.6 Å². The first-order valence-electron chi connectivity index (χ1n) is 10.6. The number of aromatic nitrogens is 4. The molecule has 190 valence electrons. The predicted octanol–water partition coefficient (Wildman–Crippen LogP) is 2.76. The molecule has 0 radical (unpaired) electrons. The lowest BCUT2D eigenvalue weighted by atomic mass is 10.0. The van der Waals surface area contributed by atoms with Gasteiger partial charge in [0.15, 0.2) is 0 Å². The van der Waals surface area contributed by atoms with E-state index in [0.717, 1.165) is 12.1 Å². The lowest BCUT2D eigenvalue weighted by Gasteiger charge is -2.21. The number of rotatable bonds is 7. The van der Waals surface area contributed by atoms with Gasteiger partial charge in [0.2, 0.25) is 0 Å². The number of hydrogen-bond acceptors (Lipinski definition) is 7. The first kappa shape index (κ1) is 26.1. The van der Waals surface area contributed by atoms with Crippen LogP contribution in [0.15, 0.2) is 34.0 Å². The van der Waals surface area contributed by atoms with E-state index in [0.29, 0.717) is 6.26 Å². The van der Waals surface area contributed by atoms with E-state index in [1.165, 1.54) is 16.9 Å². The minimum absolute atomic E-state index is 0.0392. The van der Waals surface area contributed by atoms with Gasteiger partial charge in [-0.25, -0.2) is 26.8 Å². The summed E-state index contributed by atoms with van der Waals surface area (Å²) in [4.78, 5) is 40.8. The van der Waals surface area contributed by atoms with E-state index in [1.807, 2.05) is 0 Å². The van der Waals surface area contributed by atoms with Crippen LogP contribution in [0.25, 0.3) is 22.2 Å². The van der Waals surface area contributed by atoms with Crippen molar-refractivity contribution in [1.82, 2.24) is 19.4 Å². The number of hydrogen-bond donors (Lipinski definition) is 1. The van der Waals surface area contributed by atoms with Crippen LogP contribution in [0.5, 0.6) is 0 Å². The molecule has 0 bridgehead atoms. The minimum atomic E-state index is -4.50. The van der Waals surface area contributed by atoms with Crippen LogP contribution >= 0.6 is 0 Å². The van der Waals surface area contributed by atoms with Crippen LogP contribution in [0.2, 0.25) is 0 Å². The number of sulfonamides is 1. The summed E-state index contributed by atoms with van der Waals surface area (Å²) in [5.74, 6) is -0.159. The molecular weight excluding hydrogens is 488 g/mol. The summed E-state index contributed by atoms with van der Waals surface area (Å²) in [5.41, 5.74) is -3.02. The molecule has 3 rings (SSSR count). The van der Waals surface area contributed by atoms with Crippen molar-refractivity contribution in [3.05, 3.63) is 50.8 Å². The van der Waals surface area contributed by atoms with Crippen LogP contribution < -0.4 is 15.7 Å². The first-order valence-corrected chi connectivity index (χ1v) is 12.4. The second-order valence-electron chi connectivity index (χ2n) is 8.56. The van der Waals surface area contributed by atoms with E-state index in [9.17, 15) is 31.6 Å². The van der Waals surface area contributed by atoms with Gasteiger partial charge in [-0.05, 0) is 38.0 Å². The van der Waals surface area contributed by atoms with Gasteiger partial charge in [-0.2, -0.15) is 5.10 Å². The van der Waals surface area contributed by atoms with E-state index in [2.05, 4.69) is 10.1 Å². The number of halogens is 2. The fraction of sp³-hybridized carbons (Fsp3) is 0.429. The standard InChI is InChI=1S/C21H25F2N5O6S/c1-11(2)10-34-21(31)28(35(5,32)33)27-19(29)15-8-13(17-6-7-24-26(17)12(3)4)14(18(22)23)9-16(15)25-20(27)30/h6-9,11-12,18H,10H2,1-5H3,(H,25,30). The Kier molecular flexibility index (Phi) is 7.15. The van der Waals surface area contributed by atoms with E-state index in [-0.39, 0.29) is 49.8 Å². The van der Waals surface area contributed by atoms with Crippen molar-refractivity contribution in [2.24, 2.45) is 5.92 Å². The average molecular weight is 514 g/mol. The predicted molar refractivity (Wildman–Crippen MR) is 125 cm³/mol. The molecule has 1 aromatic carbocycles. The number of alkyl halides is 2.